The first-order valence-corrected chi connectivity index (χ1v) is 5.17. The Labute approximate surface area is 95.4 Å². The van der Waals surface area contributed by atoms with Crippen molar-refractivity contribution in [1.82, 2.24) is 0 Å². The van der Waals surface area contributed by atoms with Crippen LogP contribution in [0.1, 0.15) is 24.5 Å². The van der Waals surface area contributed by atoms with Crippen molar-refractivity contribution < 1.29 is 14.6 Å². The first kappa shape index (κ1) is 12.3. The number of rotatable bonds is 4. The molecule has 0 aliphatic rings. The summed E-state index contributed by atoms with van der Waals surface area (Å²) in [7, 11) is 1.61. The van der Waals surface area contributed by atoms with Gasteiger partial charge in [-0.1, -0.05) is 13.0 Å². The number of carbonyl (C=O) groups is 1. The molecular weight excluding hydrogens is 204 g/mol. The molecule has 0 radical (unpaired) electrons. The van der Waals surface area contributed by atoms with E-state index in [4.69, 9.17) is 9.84 Å². The van der Waals surface area contributed by atoms with E-state index in [0.29, 0.717) is 6.42 Å². The van der Waals surface area contributed by atoms with Gasteiger partial charge in [-0.2, -0.15) is 0 Å². The molecule has 1 N–H and O–H groups in total. The molecule has 3 heteroatoms. The molecule has 0 amide bonds. The quantitative estimate of drug-likeness (QED) is 0.793. The van der Waals surface area contributed by atoms with E-state index < -0.39 is 5.97 Å². The van der Waals surface area contributed by atoms with Gasteiger partial charge in [0.1, 0.15) is 5.75 Å². The molecule has 0 heterocycles. The minimum absolute atomic E-state index is 0.694. The highest BCUT2D eigenvalue weighted by Crippen LogP contribution is 2.25. The predicted molar refractivity (Wildman–Crippen MR) is 63.6 cm³/mol. The highest BCUT2D eigenvalue weighted by Gasteiger charge is 2.06. The van der Waals surface area contributed by atoms with Gasteiger partial charge in [0, 0.05) is 6.08 Å². The first-order valence-electron chi connectivity index (χ1n) is 5.17. The van der Waals surface area contributed by atoms with Crippen LogP contribution < -0.4 is 4.74 Å². The molecule has 0 saturated heterocycles. The lowest BCUT2D eigenvalue weighted by atomic mass is 9.98. The molecule has 3 nitrogen and oxygen atoms in total. The zero-order valence-corrected chi connectivity index (χ0v) is 9.78. The summed E-state index contributed by atoms with van der Waals surface area (Å²) in [5.41, 5.74) is 2.81. The van der Waals surface area contributed by atoms with Crippen LogP contribution in [0.3, 0.4) is 0 Å². The smallest absolute Gasteiger partial charge is 0.328 e. The Bertz CT molecular complexity index is 419. The summed E-state index contributed by atoms with van der Waals surface area (Å²) >= 11 is 0. The van der Waals surface area contributed by atoms with Crippen molar-refractivity contribution >= 4 is 11.5 Å². The Morgan fingerprint density at radius 2 is 2.19 bits per heavy atom. The van der Waals surface area contributed by atoms with Crippen molar-refractivity contribution in [3.8, 4) is 5.75 Å². The third kappa shape index (κ3) is 2.86. The van der Waals surface area contributed by atoms with Gasteiger partial charge < -0.3 is 9.84 Å². The lowest BCUT2D eigenvalue weighted by Crippen LogP contribution is -1.95. The predicted octanol–water partition coefficient (Wildman–Crippen LogP) is 2.88. The van der Waals surface area contributed by atoms with Gasteiger partial charge in [-0.15, -0.1) is 0 Å². The lowest BCUT2D eigenvalue weighted by molar-refractivity contribution is -0.131. The second-order valence-corrected chi connectivity index (χ2v) is 3.54. The summed E-state index contributed by atoms with van der Waals surface area (Å²) in [6.45, 7) is 3.89. The summed E-state index contributed by atoms with van der Waals surface area (Å²) in [6.07, 6.45) is 1.95. The SMILES string of the molecule is CC/C(=C\C(=O)O)c1ccc(OC)cc1C. The molecule has 0 aliphatic heterocycles. The number of hydrogen-bond acceptors (Lipinski definition) is 2. The topological polar surface area (TPSA) is 46.5 Å². The summed E-state index contributed by atoms with van der Waals surface area (Å²) in [5, 5.41) is 8.77. The van der Waals surface area contributed by atoms with E-state index in [2.05, 4.69) is 0 Å². The Morgan fingerprint density at radius 3 is 2.62 bits per heavy atom. The van der Waals surface area contributed by atoms with Gasteiger partial charge in [-0.25, -0.2) is 4.79 Å². The number of allylic oxidation sites excluding steroid dienone is 1. The number of carboxylic acid groups (broad SMARTS) is 1. The average Bonchev–Trinajstić information content (AvgIpc) is 2.25. The van der Waals surface area contributed by atoms with E-state index in [0.717, 1.165) is 22.4 Å². The maximum absolute atomic E-state index is 10.7. The van der Waals surface area contributed by atoms with Gasteiger partial charge in [0.05, 0.1) is 7.11 Å². The fourth-order valence-corrected chi connectivity index (χ4v) is 1.64. The minimum atomic E-state index is -0.910. The number of carboxylic acids is 1. The molecule has 16 heavy (non-hydrogen) atoms. The fourth-order valence-electron chi connectivity index (χ4n) is 1.64. The van der Waals surface area contributed by atoms with Gasteiger partial charge in [0.2, 0.25) is 0 Å². The number of hydrogen-bond donors (Lipinski definition) is 1. The Kier molecular flexibility index (Phi) is 4.11. The molecule has 0 unspecified atom stereocenters. The number of methoxy groups -OCH3 is 1. The van der Waals surface area contributed by atoms with E-state index in [9.17, 15) is 4.79 Å². The Balaban J connectivity index is 3.16. The van der Waals surface area contributed by atoms with Crippen molar-refractivity contribution in [1.29, 1.82) is 0 Å². The molecule has 0 spiro atoms. The van der Waals surface area contributed by atoms with Crippen LogP contribution in [0.4, 0.5) is 0 Å². The normalized spacial score (nSPS) is 11.3. The van der Waals surface area contributed by atoms with E-state index in [-0.39, 0.29) is 0 Å². The molecular formula is C13H16O3. The van der Waals surface area contributed by atoms with Crippen LogP contribution in [0.2, 0.25) is 0 Å². The van der Waals surface area contributed by atoms with Gasteiger partial charge >= 0.3 is 5.97 Å². The van der Waals surface area contributed by atoms with Gasteiger partial charge in [-0.3, -0.25) is 0 Å². The van der Waals surface area contributed by atoms with E-state index in [1.807, 2.05) is 32.0 Å². The van der Waals surface area contributed by atoms with Crippen LogP contribution in [0, 0.1) is 6.92 Å². The number of aliphatic carboxylic acids is 1. The second-order valence-electron chi connectivity index (χ2n) is 3.54. The van der Waals surface area contributed by atoms with Gasteiger partial charge in [-0.05, 0) is 42.2 Å². The largest absolute Gasteiger partial charge is 0.497 e. The average molecular weight is 220 g/mol. The second kappa shape index (κ2) is 5.35. The molecule has 86 valence electrons. The van der Waals surface area contributed by atoms with Crippen LogP contribution in [0.25, 0.3) is 5.57 Å². The van der Waals surface area contributed by atoms with Gasteiger partial charge in [0.15, 0.2) is 0 Å². The monoisotopic (exact) mass is 220 g/mol. The maximum Gasteiger partial charge on any atom is 0.328 e. The third-order valence-electron chi connectivity index (χ3n) is 2.46. The Morgan fingerprint density at radius 1 is 1.50 bits per heavy atom. The molecule has 0 aromatic heterocycles. The summed E-state index contributed by atoms with van der Waals surface area (Å²) in [5.74, 6) is -0.126. The van der Waals surface area contributed by atoms with Crippen LogP contribution in [-0.2, 0) is 4.79 Å². The summed E-state index contributed by atoms with van der Waals surface area (Å²) in [4.78, 5) is 10.7. The summed E-state index contributed by atoms with van der Waals surface area (Å²) in [6, 6.07) is 5.64. The van der Waals surface area contributed by atoms with Crippen LogP contribution in [-0.4, -0.2) is 18.2 Å². The highest BCUT2D eigenvalue weighted by atomic mass is 16.5. The molecule has 0 fully saturated rings. The molecule has 0 saturated carbocycles. The zero-order valence-electron chi connectivity index (χ0n) is 9.78. The van der Waals surface area contributed by atoms with Crippen molar-refractivity contribution in [2.75, 3.05) is 7.11 Å². The van der Waals surface area contributed by atoms with Crippen molar-refractivity contribution in [3.05, 3.63) is 35.4 Å². The molecule has 0 atom stereocenters. The van der Waals surface area contributed by atoms with Crippen LogP contribution in [0.15, 0.2) is 24.3 Å². The molecule has 1 rings (SSSR count). The van der Waals surface area contributed by atoms with E-state index in [1.165, 1.54) is 6.08 Å². The van der Waals surface area contributed by atoms with Gasteiger partial charge in [0.25, 0.3) is 0 Å². The molecule has 0 bridgehead atoms. The first-order chi connectivity index (χ1) is 7.58. The zero-order chi connectivity index (χ0) is 12.1. The molecule has 1 aromatic rings. The summed E-state index contributed by atoms with van der Waals surface area (Å²) < 4.78 is 5.11. The number of benzene rings is 1. The number of ether oxygens (including phenoxy) is 1. The van der Waals surface area contributed by atoms with Crippen LogP contribution in [0.5, 0.6) is 5.75 Å². The van der Waals surface area contributed by atoms with Crippen molar-refractivity contribution in [3.63, 3.8) is 0 Å². The standard InChI is InChI=1S/C13H16O3/c1-4-10(8-13(14)15)12-6-5-11(16-3)7-9(12)2/h5-8H,4H2,1-3H3,(H,14,15)/b10-8+. The van der Waals surface area contributed by atoms with Crippen molar-refractivity contribution in [2.45, 2.75) is 20.3 Å². The van der Waals surface area contributed by atoms with Crippen LogP contribution >= 0.6 is 0 Å². The lowest BCUT2D eigenvalue weighted by Gasteiger charge is -2.09. The van der Waals surface area contributed by atoms with E-state index >= 15 is 0 Å². The highest BCUT2D eigenvalue weighted by molar-refractivity contribution is 5.90. The van der Waals surface area contributed by atoms with Crippen molar-refractivity contribution in [2.24, 2.45) is 0 Å². The third-order valence-corrected chi connectivity index (χ3v) is 2.46. The minimum Gasteiger partial charge on any atom is -0.497 e. The molecule has 0 aliphatic carbocycles. The van der Waals surface area contributed by atoms with E-state index in [1.54, 1.807) is 7.11 Å². The Hall–Kier alpha value is -1.77. The maximum atomic E-state index is 10.7. The fraction of sp³-hybridized carbons (Fsp3) is 0.308. The molecule has 1 aromatic carbocycles. The number of aryl methyl sites for hydroxylation is 1.